The van der Waals surface area contributed by atoms with Crippen molar-refractivity contribution in [2.45, 2.75) is 11.5 Å². The maximum atomic E-state index is 12.1. The number of pyridine rings is 1. The number of nitrogens with one attached hydrogen (secondary N) is 1. The van der Waals surface area contributed by atoms with Gasteiger partial charge < -0.3 is 4.98 Å². The zero-order valence-electron chi connectivity index (χ0n) is 6.28. The molecule has 72 valence electrons. The monoisotopic (exact) mass is 255 g/mol. The van der Waals surface area contributed by atoms with Crippen molar-refractivity contribution in [1.29, 1.82) is 0 Å². The highest BCUT2D eigenvalue weighted by atomic mass is 79.9. The van der Waals surface area contributed by atoms with Gasteiger partial charge in [-0.2, -0.15) is 13.2 Å². The average Bonchev–Trinajstić information content (AvgIpc) is 2.01. The second kappa shape index (κ2) is 3.53. The molecule has 1 aromatic rings. The third kappa shape index (κ3) is 2.33. The van der Waals surface area contributed by atoms with Gasteiger partial charge in [0.15, 0.2) is 5.43 Å². The lowest BCUT2D eigenvalue weighted by Crippen LogP contribution is -2.19. The molecule has 6 heteroatoms. The molecule has 1 aromatic heterocycles. The molecule has 1 rings (SSSR count). The van der Waals surface area contributed by atoms with E-state index in [0.29, 0.717) is 17.2 Å². The van der Waals surface area contributed by atoms with Crippen molar-refractivity contribution in [1.82, 2.24) is 4.98 Å². The molecule has 0 amide bonds. The number of alkyl halides is 4. The highest BCUT2D eigenvalue weighted by Gasteiger charge is 2.33. The normalized spacial score (nSPS) is 11.7. The minimum atomic E-state index is -4.58. The second-order valence-corrected chi connectivity index (χ2v) is 2.93. The molecule has 0 aliphatic rings. The van der Waals surface area contributed by atoms with Gasteiger partial charge in [0.1, 0.15) is 5.56 Å². The number of halogens is 4. The Bertz CT molecular complexity index is 357. The van der Waals surface area contributed by atoms with Gasteiger partial charge in [-0.3, -0.25) is 4.79 Å². The zero-order valence-corrected chi connectivity index (χ0v) is 7.87. The molecule has 0 spiro atoms. The van der Waals surface area contributed by atoms with E-state index in [4.69, 9.17) is 0 Å². The van der Waals surface area contributed by atoms with E-state index in [-0.39, 0.29) is 0 Å². The van der Waals surface area contributed by atoms with Crippen molar-refractivity contribution in [3.05, 3.63) is 33.7 Å². The van der Waals surface area contributed by atoms with E-state index >= 15 is 0 Å². The minimum absolute atomic E-state index is 0.320. The maximum Gasteiger partial charge on any atom is 0.421 e. The van der Waals surface area contributed by atoms with Crippen LogP contribution in [0.1, 0.15) is 11.3 Å². The van der Waals surface area contributed by atoms with Crippen LogP contribution in [0.3, 0.4) is 0 Å². The highest BCUT2D eigenvalue weighted by molar-refractivity contribution is 9.08. The van der Waals surface area contributed by atoms with Gasteiger partial charge in [0.05, 0.1) is 0 Å². The first-order valence-electron chi connectivity index (χ1n) is 3.30. The zero-order chi connectivity index (χ0) is 10.1. The molecule has 0 fully saturated rings. The van der Waals surface area contributed by atoms with Crippen molar-refractivity contribution in [2.24, 2.45) is 0 Å². The fourth-order valence-electron chi connectivity index (χ4n) is 0.812. The topological polar surface area (TPSA) is 32.9 Å². The Morgan fingerprint density at radius 3 is 2.46 bits per heavy atom. The largest absolute Gasteiger partial charge is 0.421 e. The minimum Gasteiger partial charge on any atom is -0.363 e. The fourth-order valence-corrected chi connectivity index (χ4v) is 1.14. The number of hydrogen-bond acceptors (Lipinski definition) is 1. The van der Waals surface area contributed by atoms with Crippen molar-refractivity contribution < 1.29 is 13.2 Å². The summed E-state index contributed by atoms with van der Waals surface area (Å²) in [4.78, 5) is 13.3. The van der Waals surface area contributed by atoms with E-state index < -0.39 is 17.2 Å². The van der Waals surface area contributed by atoms with Crippen LogP contribution in [-0.4, -0.2) is 4.98 Å². The van der Waals surface area contributed by atoms with Gasteiger partial charge in [-0.05, 0) is 0 Å². The molecule has 0 aromatic carbocycles. The number of hydrogen-bond donors (Lipinski definition) is 1. The lowest BCUT2D eigenvalue weighted by molar-refractivity contribution is -0.138. The predicted molar refractivity (Wildman–Crippen MR) is 44.7 cm³/mol. The first kappa shape index (κ1) is 10.3. The Morgan fingerprint density at radius 2 is 2.08 bits per heavy atom. The lowest BCUT2D eigenvalue weighted by Gasteiger charge is -2.05. The van der Waals surface area contributed by atoms with Crippen LogP contribution in [0.5, 0.6) is 0 Å². The highest BCUT2D eigenvalue weighted by Crippen LogP contribution is 2.25. The van der Waals surface area contributed by atoms with Crippen molar-refractivity contribution >= 4 is 15.9 Å². The molecular formula is C7H5BrF3NO. The molecule has 0 aliphatic heterocycles. The number of aromatic amines is 1. The maximum absolute atomic E-state index is 12.1. The van der Waals surface area contributed by atoms with Crippen molar-refractivity contribution in [3.8, 4) is 0 Å². The van der Waals surface area contributed by atoms with Crippen LogP contribution in [0, 0.1) is 0 Å². The first-order chi connectivity index (χ1) is 5.95. The van der Waals surface area contributed by atoms with Crippen LogP contribution in [0.4, 0.5) is 13.2 Å². The lowest BCUT2D eigenvalue weighted by atomic mass is 10.2. The number of H-pyrrole nitrogens is 1. The standard InChI is InChI=1S/C7H5BrF3NO/c8-2-4-1-6(13)5(3-12-4)7(9,10)11/h1,3H,2H2,(H,12,13). The quantitative estimate of drug-likeness (QED) is 0.768. The Balaban J connectivity index is 3.21. The van der Waals surface area contributed by atoms with E-state index in [1.54, 1.807) is 0 Å². The molecule has 0 saturated carbocycles. The second-order valence-electron chi connectivity index (χ2n) is 2.37. The van der Waals surface area contributed by atoms with Crippen LogP contribution in [0.25, 0.3) is 0 Å². The molecule has 0 saturated heterocycles. The van der Waals surface area contributed by atoms with E-state index in [9.17, 15) is 18.0 Å². The summed E-state index contributed by atoms with van der Waals surface area (Å²) in [5.74, 6) is 0. The third-order valence-corrected chi connectivity index (χ3v) is 2.03. The molecule has 0 atom stereocenters. The Hall–Kier alpha value is -0.780. The summed E-state index contributed by atoms with van der Waals surface area (Å²) in [5, 5.41) is 0.320. The molecule has 13 heavy (non-hydrogen) atoms. The Kier molecular flexibility index (Phi) is 2.80. The molecular weight excluding hydrogens is 251 g/mol. The van der Waals surface area contributed by atoms with Gasteiger partial charge in [-0.15, -0.1) is 0 Å². The van der Waals surface area contributed by atoms with Gasteiger partial charge >= 0.3 is 6.18 Å². The summed E-state index contributed by atoms with van der Waals surface area (Å²) in [6, 6.07) is 0.928. The van der Waals surface area contributed by atoms with Gasteiger partial charge in [0.2, 0.25) is 0 Å². The summed E-state index contributed by atoms with van der Waals surface area (Å²) < 4.78 is 36.2. The van der Waals surface area contributed by atoms with Gasteiger partial charge in [-0.25, -0.2) is 0 Å². The van der Waals surface area contributed by atoms with E-state index in [1.165, 1.54) is 0 Å². The molecule has 0 bridgehead atoms. The fraction of sp³-hybridized carbons (Fsp3) is 0.286. The van der Waals surface area contributed by atoms with Crippen LogP contribution < -0.4 is 5.43 Å². The van der Waals surface area contributed by atoms with Crippen LogP contribution >= 0.6 is 15.9 Å². The van der Waals surface area contributed by atoms with E-state index in [1.807, 2.05) is 0 Å². The smallest absolute Gasteiger partial charge is 0.363 e. The molecule has 0 aliphatic carbocycles. The Labute approximate surface area is 79.9 Å². The SMILES string of the molecule is O=c1cc(CBr)[nH]cc1C(F)(F)F. The Morgan fingerprint density at radius 1 is 1.46 bits per heavy atom. The van der Waals surface area contributed by atoms with Gasteiger partial charge in [0, 0.05) is 23.3 Å². The van der Waals surface area contributed by atoms with Crippen LogP contribution in [0.15, 0.2) is 17.1 Å². The van der Waals surface area contributed by atoms with Gasteiger partial charge in [-0.1, -0.05) is 15.9 Å². The number of rotatable bonds is 1. The molecule has 0 unspecified atom stereocenters. The average molecular weight is 256 g/mol. The summed E-state index contributed by atoms with van der Waals surface area (Å²) >= 11 is 3.02. The third-order valence-electron chi connectivity index (χ3n) is 1.42. The molecule has 0 radical (unpaired) electrons. The number of aromatic nitrogens is 1. The van der Waals surface area contributed by atoms with E-state index in [2.05, 4.69) is 20.9 Å². The van der Waals surface area contributed by atoms with Crippen LogP contribution in [0.2, 0.25) is 0 Å². The molecule has 1 heterocycles. The first-order valence-corrected chi connectivity index (χ1v) is 4.42. The summed E-state index contributed by atoms with van der Waals surface area (Å²) in [6.45, 7) is 0. The molecule has 1 N–H and O–H groups in total. The predicted octanol–water partition coefficient (Wildman–Crippen LogP) is 2.29. The summed E-state index contributed by atoms with van der Waals surface area (Å²) in [7, 11) is 0. The van der Waals surface area contributed by atoms with Crippen molar-refractivity contribution in [3.63, 3.8) is 0 Å². The summed E-state index contributed by atoms with van der Waals surface area (Å²) in [6.07, 6.45) is -3.91. The van der Waals surface area contributed by atoms with Crippen LogP contribution in [-0.2, 0) is 11.5 Å². The van der Waals surface area contributed by atoms with Crippen molar-refractivity contribution in [2.75, 3.05) is 0 Å². The van der Waals surface area contributed by atoms with E-state index in [0.717, 1.165) is 6.07 Å². The summed E-state index contributed by atoms with van der Waals surface area (Å²) in [5.41, 5.74) is -1.77. The molecule has 2 nitrogen and oxygen atoms in total. The van der Waals surface area contributed by atoms with Gasteiger partial charge in [0.25, 0.3) is 0 Å².